The van der Waals surface area contributed by atoms with E-state index < -0.39 is 0 Å². The summed E-state index contributed by atoms with van der Waals surface area (Å²) in [5, 5.41) is 0. The fourth-order valence-corrected chi connectivity index (χ4v) is 2.40. The standard InChI is InChI=1S/C14H22N4O2/c1-10-7-13(17-15)12(8-16-10)14(19)18(2)9-11-5-3-4-6-20-11/h7-8,11H,3-6,9,15H2,1-2H3,(H,16,17). The molecule has 1 aliphatic rings. The molecule has 110 valence electrons. The zero-order valence-electron chi connectivity index (χ0n) is 12.1. The van der Waals surface area contributed by atoms with E-state index >= 15 is 0 Å². The van der Waals surface area contributed by atoms with Gasteiger partial charge in [0.2, 0.25) is 0 Å². The number of rotatable bonds is 4. The molecule has 1 saturated heterocycles. The van der Waals surface area contributed by atoms with Crippen LogP contribution in [-0.2, 0) is 4.74 Å². The molecular formula is C14H22N4O2. The van der Waals surface area contributed by atoms with Gasteiger partial charge in [-0.15, -0.1) is 0 Å². The molecule has 3 N–H and O–H groups in total. The van der Waals surface area contributed by atoms with Gasteiger partial charge < -0.3 is 15.1 Å². The maximum atomic E-state index is 12.4. The van der Waals surface area contributed by atoms with Gasteiger partial charge in [-0.1, -0.05) is 0 Å². The third-order valence-electron chi connectivity index (χ3n) is 3.52. The number of amides is 1. The Bertz CT molecular complexity index is 472. The summed E-state index contributed by atoms with van der Waals surface area (Å²) in [7, 11) is 1.78. The van der Waals surface area contributed by atoms with Gasteiger partial charge in [0.15, 0.2) is 0 Å². The van der Waals surface area contributed by atoms with E-state index in [-0.39, 0.29) is 12.0 Å². The van der Waals surface area contributed by atoms with E-state index in [1.807, 2.05) is 6.92 Å². The topological polar surface area (TPSA) is 80.5 Å². The van der Waals surface area contributed by atoms with Gasteiger partial charge in [0.25, 0.3) is 5.91 Å². The molecule has 0 radical (unpaired) electrons. The van der Waals surface area contributed by atoms with Gasteiger partial charge in [-0.05, 0) is 32.3 Å². The molecule has 2 rings (SSSR count). The lowest BCUT2D eigenvalue weighted by molar-refractivity contribution is -0.000179. The second-order valence-corrected chi connectivity index (χ2v) is 5.19. The highest BCUT2D eigenvalue weighted by atomic mass is 16.5. The molecule has 0 aromatic carbocycles. The maximum absolute atomic E-state index is 12.4. The average Bonchev–Trinajstić information content (AvgIpc) is 2.47. The Balaban J connectivity index is 2.05. The first kappa shape index (κ1) is 14.7. The molecule has 1 fully saturated rings. The van der Waals surface area contributed by atoms with Gasteiger partial charge in [-0.25, -0.2) is 0 Å². The number of aryl methyl sites for hydroxylation is 1. The van der Waals surface area contributed by atoms with Crippen LogP contribution in [0.5, 0.6) is 0 Å². The van der Waals surface area contributed by atoms with Crippen LogP contribution in [0.25, 0.3) is 0 Å². The second kappa shape index (κ2) is 6.67. The van der Waals surface area contributed by atoms with Crippen molar-refractivity contribution in [3.63, 3.8) is 0 Å². The van der Waals surface area contributed by atoms with Crippen molar-refractivity contribution in [2.75, 3.05) is 25.6 Å². The summed E-state index contributed by atoms with van der Waals surface area (Å²) in [5.74, 6) is 5.37. The van der Waals surface area contributed by atoms with Crippen molar-refractivity contribution in [2.45, 2.75) is 32.3 Å². The molecule has 1 aliphatic heterocycles. The normalized spacial score (nSPS) is 18.6. The Morgan fingerprint density at radius 2 is 2.40 bits per heavy atom. The molecule has 2 heterocycles. The van der Waals surface area contributed by atoms with Crippen molar-refractivity contribution in [3.8, 4) is 0 Å². The molecule has 1 aromatic rings. The second-order valence-electron chi connectivity index (χ2n) is 5.19. The average molecular weight is 278 g/mol. The van der Waals surface area contributed by atoms with Crippen LogP contribution < -0.4 is 11.3 Å². The van der Waals surface area contributed by atoms with E-state index in [1.165, 1.54) is 0 Å². The number of hydrogen-bond donors (Lipinski definition) is 2. The van der Waals surface area contributed by atoms with E-state index in [9.17, 15) is 4.79 Å². The summed E-state index contributed by atoms with van der Waals surface area (Å²) in [6.07, 6.45) is 4.97. The van der Waals surface area contributed by atoms with E-state index in [0.29, 0.717) is 17.8 Å². The lowest BCUT2D eigenvalue weighted by Gasteiger charge is -2.27. The number of ether oxygens (including phenoxy) is 1. The van der Waals surface area contributed by atoms with Crippen molar-refractivity contribution in [2.24, 2.45) is 5.84 Å². The van der Waals surface area contributed by atoms with E-state index in [1.54, 1.807) is 24.2 Å². The number of carbonyl (C=O) groups excluding carboxylic acids is 1. The van der Waals surface area contributed by atoms with Gasteiger partial charge in [0.1, 0.15) is 0 Å². The Labute approximate surface area is 119 Å². The number of pyridine rings is 1. The first-order valence-electron chi connectivity index (χ1n) is 6.92. The summed E-state index contributed by atoms with van der Waals surface area (Å²) in [5.41, 5.74) is 4.45. The summed E-state index contributed by atoms with van der Waals surface area (Å²) in [6.45, 7) is 3.24. The number of carbonyl (C=O) groups is 1. The lowest BCUT2D eigenvalue weighted by atomic mass is 10.1. The minimum Gasteiger partial charge on any atom is -0.376 e. The van der Waals surface area contributed by atoms with Gasteiger partial charge in [0.05, 0.1) is 17.4 Å². The SMILES string of the molecule is Cc1cc(NN)c(C(=O)N(C)CC2CCCCO2)cn1. The van der Waals surface area contributed by atoms with Gasteiger partial charge >= 0.3 is 0 Å². The highest BCUT2D eigenvalue weighted by Crippen LogP contribution is 2.18. The zero-order valence-corrected chi connectivity index (χ0v) is 12.1. The third kappa shape index (κ3) is 3.46. The summed E-state index contributed by atoms with van der Waals surface area (Å²) in [6, 6.07) is 1.76. The third-order valence-corrected chi connectivity index (χ3v) is 3.52. The van der Waals surface area contributed by atoms with Crippen molar-refractivity contribution in [3.05, 3.63) is 23.5 Å². The van der Waals surface area contributed by atoms with Crippen molar-refractivity contribution in [1.29, 1.82) is 0 Å². The highest BCUT2D eigenvalue weighted by molar-refractivity contribution is 5.99. The number of likely N-dealkylation sites (N-methyl/N-ethyl adjacent to an activating group) is 1. The lowest BCUT2D eigenvalue weighted by Crippen LogP contribution is -2.37. The van der Waals surface area contributed by atoms with Gasteiger partial charge in [-0.3, -0.25) is 15.6 Å². The Hall–Kier alpha value is -1.66. The minimum absolute atomic E-state index is 0.0976. The fraction of sp³-hybridized carbons (Fsp3) is 0.571. The fourth-order valence-electron chi connectivity index (χ4n) is 2.40. The van der Waals surface area contributed by atoms with Crippen molar-refractivity contribution < 1.29 is 9.53 Å². The zero-order chi connectivity index (χ0) is 14.5. The minimum atomic E-state index is -0.0976. The number of hydrogen-bond acceptors (Lipinski definition) is 5. The largest absolute Gasteiger partial charge is 0.376 e. The van der Waals surface area contributed by atoms with Crippen molar-refractivity contribution in [1.82, 2.24) is 9.88 Å². The Morgan fingerprint density at radius 1 is 1.60 bits per heavy atom. The van der Waals surface area contributed by atoms with Crippen LogP contribution in [0.4, 0.5) is 5.69 Å². The monoisotopic (exact) mass is 278 g/mol. The first-order chi connectivity index (χ1) is 9.61. The summed E-state index contributed by atoms with van der Waals surface area (Å²) in [4.78, 5) is 18.3. The Kier molecular flexibility index (Phi) is 4.92. The number of nitrogens with two attached hydrogens (primary N) is 1. The molecule has 1 unspecified atom stereocenters. The van der Waals surface area contributed by atoms with Crippen LogP contribution in [0, 0.1) is 6.92 Å². The van der Waals surface area contributed by atoms with Crippen molar-refractivity contribution >= 4 is 11.6 Å². The van der Waals surface area contributed by atoms with Crippen LogP contribution in [-0.4, -0.2) is 42.1 Å². The predicted octanol–water partition coefficient (Wildman–Crippen LogP) is 1.32. The van der Waals surface area contributed by atoms with E-state index in [0.717, 1.165) is 31.6 Å². The number of nitrogens with zero attached hydrogens (tertiary/aromatic N) is 2. The number of nitrogens with one attached hydrogen (secondary N) is 1. The molecule has 0 aliphatic carbocycles. The highest BCUT2D eigenvalue weighted by Gasteiger charge is 2.21. The molecular weight excluding hydrogens is 256 g/mol. The van der Waals surface area contributed by atoms with Crippen LogP contribution >= 0.6 is 0 Å². The summed E-state index contributed by atoms with van der Waals surface area (Å²) < 4.78 is 5.66. The molecule has 6 heteroatoms. The first-order valence-corrected chi connectivity index (χ1v) is 6.92. The van der Waals surface area contributed by atoms with Crippen LogP contribution in [0.2, 0.25) is 0 Å². The smallest absolute Gasteiger partial charge is 0.257 e. The number of nitrogen functional groups attached to an aromatic ring is 1. The predicted molar refractivity (Wildman–Crippen MR) is 77.3 cm³/mol. The van der Waals surface area contributed by atoms with E-state index in [2.05, 4.69) is 10.4 Å². The molecule has 1 amide bonds. The number of aromatic nitrogens is 1. The molecule has 6 nitrogen and oxygen atoms in total. The quantitative estimate of drug-likeness (QED) is 0.641. The molecule has 0 bridgehead atoms. The summed E-state index contributed by atoms with van der Waals surface area (Å²) >= 11 is 0. The van der Waals surface area contributed by atoms with Crippen LogP contribution in [0.15, 0.2) is 12.3 Å². The van der Waals surface area contributed by atoms with Gasteiger partial charge in [-0.2, -0.15) is 0 Å². The van der Waals surface area contributed by atoms with Gasteiger partial charge in [0, 0.05) is 32.1 Å². The van der Waals surface area contributed by atoms with E-state index in [4.69, 9.17) is 10.6 Å². The molecule has 20 heavy (non-hydrogen) atoms. The maximum Gasteiger partial charge on any atom is 0.257 e. The van der Waals surface area contributed by atoms with Crippen LogP contribution in [0.3, 0.4) is 0 Å². The molecule has 0 saturated carbocycles. The number of hydrazine groups is 1. The Morgan fingerprint density at radius 3 is 3.05 bits per heavy atom. The number of anilines is 1. The van der Waals surface area contributed by atoms with Crippen LogP contribution in [0.1, 0.15) is 35.3 Å². The molecule has 1 atom stereocenters. The molecule has 1 aromatic heterocycles. The molecule has 0 spiro atoms.